The Morgan fingerprint density at radius 2 is 1.83 bits per heavy atom. The number of rotatable bonds is 9. The van der Waals surface area contributed by atoms with Gasteiger partial charge in [-0.1, -0.05) is 47.6 Å². The van der Waals surface area contributed by atoms with Crippen molar-refractivity contribution in [1.29, 1.82) is 0 Å². The van der Waals surface area contributed by atoms with Gasteiger partial charge in [-0.2, -0.15) is 0 Å². The van der Waals surface area contributed by atoms with Gasteiger partial charge < -0.3 is 9.73 Å². The fourth-order valence-corrected chi connectivity index (χ4v) is 3.40. The van der Waals surface area contributed by atoms with Crippen molar-refractivity contribution in [3.8, 4) is 11.5 Å². The minimum absolute atomic E-state index is 0.0849. The molecule has 0 bridgehead atoms. The Kier molecular flexibility index (Phi) is 7.90. The number of thioether (sulfide) groups is 1. The van der Waals surface area contributed by atoms with E-state index in [2.05, 4.69) is 47.4 Å². The van der Waals surface area contributed by atoms with Crippen LogP contribution in [0, 0.1) is 0 Å². The van der Waals surface area contributed by atoms with Crippen LogP contribution in [0.3, 0.4) is 0 Å². The molecule has 8 heteroatoms. The second kappa shape index (κ2) is 10.6. The first-order valence-corrected chi connectivity index (χ1v) is 11.0. The summed E-state index contributed by atoms with van der Waals surface area (Å²) in [5.41, 5.74) is 3.11. The zero-order chi connectivity index (χ0) is 21.5. The van der Waals surface area contributed by atoms with E-state index < -0.39 is 0 Å². The lowest BCUT2D eigenvalue weighted by atomic mass is 10.1. The van der Waals surface area contributed by atoms with E-state index in [0.29, 0.717) is 28.7 Å². The molecule has 0 fully saturated rings. The van der Waals surface area contributed by atoms with E-state index >= 15 is 0 Å². The molecule has 0 atom stereocenters. The Balaban J connectivity index is 1.51. The van der Waals surface area contributed by atoms with Crippen LogP contribution >= 0.6 is 23.4 Å². The Morgan fingerprint density at radius 3 is 2.53 bits per heavy atom. The number of benzene rings is 2. The number of carbonyl (C=O) groups is 1. The molecule has 0 aliphatic rings. The zero-order valence-corrected chi connectivity index (χ0v) is 18.8. The molecule has 6 nitrogen and oxygen atoms in total. The Morgan fingerprint density at radius 1 is 1.13 bits per heavy atom. The minimum Gasteiger partial charge on any atom is -0.411 e. The van der Waals surface area contributed by atoms with Gasteiger partial charge in [-0.25, -0.2) is 0 Å². The maximum atomic E-state index is 12.3. The van der Waals surface area contributed by atoms with Crippen molar-refractivity contribution in [2.45, 2.75) is 38.2 Å². The number of nitrogens with zero attached hydrogens (tertiary/aromatic N) is 3. The van der Waals surface area contributed by atoms with Gasteiger partial charge in [0, 0.05) is 29.7 Å². The topological polar surface area (TPSA) is 71.3 Å². The summed E-state index contributed by atoms with van der Waals surface area (Å²) in [5.74, 6) is 0.520. The lowest BCUT2D eigenvalue weighted by Crippen LogP contribution is -2.28. The summed E-state index contributed by atoms with van der Waals surface area (Å²) >= 11 is 7.11. The monoisotopic (exact) mass is 444 g/mol. The van der Waals surface area contributed by atoms with E-state index in [1.807, 2.05) is 30.3 Å². The summed E-state index contributed by atoms with van der Waals surface area (Å²) < 4.78 is 5.62. The van der Waals surface area contributed by atoms with Gasteiger partial charge in [0.1, 0.15) is 0 Å². The normalized spacial score (nSPS) is 11.3. The summed E-state index contributed by atoms with van der Waals surface area (Å²) in [6.07, 6.45) is 0. The third-order valence-corrected chi connectivity index (χ3v) is 5.79. The molecular weight excluding hydrogens is 420 g/mol. The van der Waals surface area contributed by atoms with Gasteiger partial charge in [-0.3, -0.25) is 9.69 Å². The van der Waals surface area contributed by atoms with Crippen LogP contribution in [0.15, 0.2) is 58.2 Å². The van der Waals surface area contributed by atoms with Crippen LogP contribution < -0.4 is 5.32 Å². The van der Waals surface area contributed by atoms with Crippen molar-refractivity contribution in [1.82, 2.24) is 20.4 Å². The predicted molar refractivity (Wildman–Crippen MR) is 120 cm³/mol. The molecule has 1 amide bonds. The SMILES string of the molecule is CC(C)N(C)Cc1ccccc1CNC(=O)CSc1nnc(-c2ccc(Cl)cc2)o1. The summed E-state index contributed by atoms with van der Waals surface area (Å²) in [6.45, 7) is 5.66. The highest BCUT2D eigenvalue weighted by Gasteiger charge is 2.12. The molecule has 0 saturated heterocycles. The van der Waals surface area contributed by atoms with Gasteiger partial charge in [0.05, 0.1) is 5.75 Å². The molecule has 0 unspecified atom stereocenters. The molecule has 1 N–H and O–H groups in total. The molecule has 0 aliphatic carbocycles. The van der Waals surface area contributed by atoms with Crippen molar-refractivity contribution in [3.05, 3.63) is 64.7 Å². The number of hydrogen-bond acceptors (Lipinski definition) is 6. The highest BCUT2D eigenvalue weighted by Crippen LogP contribution is 2.24. The van der Waals surface area contributed by atoms with Crippen LogP contribution in [0.4, 0.5) is 0 Å². The fourth-order valence-electron chi connectivity index (χ4n) is 2.68. The first-order chi connectivity index (χ1) is 14.4. The van der Waals surface area contributed by atoms with E-state index in [4.69, 9.17) is 16.0 Å². The van der Waals surface area contributed by atoms with Crippen LogP contribution in [-0.2, 0) is 17.9 Å². The van der Waals surface area contributed by atoms with Crippen LogP contribution in [0.1, 0.15) is 25.0 Å². The number of halogens is 1. The van der Waals surface area contributed by atoms with Gasteiger partial charge >= 0.3 is 0 Å². The third-order valence-electron chi connectivity index (χ3n) is 4.72. The lowest BCUT2D eigenvalue weighted by molar-refractivity contribution is -0.118. The molecule has 0 spiro atoms. The van der Waals surface area contributed by atoms with Gasteiger partial charge in [0.2, 0.25) is 11.8 Å². The van der Waals surface area contributed by atoms with Crippen molar-refractivity contribution < 1.29 is 9.21 Å². The predicted octanol–water partition coefficient (Wildman–Crippen LogP) is 4.64. The second-order valence-electron chi connectivity index (χ2n) is 7.22. The maximum absolute atomic E-state index is 12.3. The second-order valence-corrected chi connectivity index (χ2v) is 8.59. The summed E-state index contributed by atoms with van der Waals surface area (Å²) in [5, 5.41) is 12.0. The van der Waals surface area contributed by atoms with Gasteiger partial charge in [-0.15, -0.1) is 10.2 Å². The molecule has 2 aromatic carbocycles. The van der Waals surface area contributed by atoms with Crippen LogP contribution in [0.5, 0.6) is 0 Å². The van der Waals surface area contributed by atoms with Crippen molar-refractivity contribution in [2.24, 2.45) is 0 Å². The standard InChI is InChI=1S/C22H25ClN4O2S/c1-15(2)27(3)13-18-7-5-4-6-17(18)12-24-20(28)14-30-22-26-25-21(29-22)16-8-10-19(23)11-9-16/h4-11,15H,12-14H2,1-3H3,(H,24,28). The number of aromatic nitrogens is 2. The molecule has 1 heterocycles. The van der Waals surface area contributed by atoms with E-state index in [0.717, 1.165) is 17.7 Å². The quantitative estimate of drug-likeness (QED) is 0.485. The number of hydrogen-bond donors (Lipinski definition) is 1. The Bertz CT molecular complexity index is 975. The molecule has 0 saturated carbocycles. The fraction of sp³-hybridized carbons (Fsp3) is 0.318. The van der Waals surface area contributed by atoms with E-state index in [9.17, 15) is 4.79 Å². The van der Waals surface area contributed by atoms with Crippen molar-refractivity contribution in [2.75, 3.05) is 12.8 Å². The van der Waals surface area contributed by atoms with Gasteiger partial charge in [-0.05, 0) is 56.3 Å². The van der Waals surface area contributed by atoms with Crippen LogP contribution in [-0.4, -0.2) is 39.8 Å². The van der Waals surface area contributed by atoms with Crippen molar-refractivity contribution >= 4 is 29.3 Å². The van der Waals surface area contributed by atoms with E-state index in [1.165, 1.54) is 17.3 Å². The average molecular weight is 445 g/mol. The molecular formula is C22H25ClN4O2S. The molecule has 0 aliphatic heterocycles. The van der Waals surface area contributed by atoms with E-state index in [-0.39, 0.29) is 11.7 Å². The largest absolute Gasteiger partial charge is 0.411 e. The minimum atomic E-state index is -0.0849. The first kappa shape index (κ1) is 22.3. The van der Waals surface area contributed by atoms with Gasteiger partial charge in [0.15, 0.2) is 0 Å². The van der Waals surface area contributed by atoms with Crippen molar-refractivity contribution in [3.63, 3.8) is 0 Å². The highest BCUT2D eigenvalue weighted by molar-refractivity contribution is 7.99. The zero-order valence-electron chi connectivity index (χ0n) is 17.3. The summed E-state index contributed by atoms with van der Waals surface area (Å²) in [7, 11) is 2.10. The smallest absolute Gasteiger partial charge is 0.277 e. The molecule has 30 heavy (non-hydrogen) atoms. The Hall–Kier alpha value is -2.35. The lowest BCUT2D eigenvalue weighted by Gasteiger charge is -2.22. The third kappa shape index (κ3) is 6.32. The summed E-state index contributed by atoms with van der Waals surface area (Å²) in [6, 6.07) is 15.8. The Labute approximate surface area is 186 Å². The van der Waals surface area contributed by atoms with Crippen LogP contribution in [0.25, 0.3) is 11.5 Å². The van der Waals surface area contributed by atoms with E-state index in [1.54, 1.807) is 12.1 Å². The molecule has 3 rings (SSSR count). The molecule has 1 aromatic heterocycles. The maximum Gasteiger partial charge on any atom is 0.277 e. The number of amides is 1. The number of carbonyl (C=O) groups excluding carboxylic acids is 1. The molecule has 158 valence electrons. The molecule has 0 radical (unpaired) electrons. The number of nitrogens with one attached hydrogen (secondary N) is 1. The van der Waals surface area contributed by atoms with Crippen LogP contribution in [0.2, 0.25) is 5.02 Å². The average Bonchev–Trinajstić information content (AvgIpc) is 3.21. The first-order valence-electron chi connectivity index (χ1n) is 9.68. The molecule has 3 aromatic rings. The van der Waals surface area contributed by atoms with Gasteiger partial charge in [0.25, 0.3) is 5.22 Å². The summed E-state index contributed by atoms with van der Waals surface area (Å²) in [4.78, 5) is 14.6. The highest BCUT2D eigenvalue weighted by atomic mass is 35.5.